The van der Waals surface area contributed by atoms with Crippen molar-refractivity contribution in [1.29, 1.82) is 0 Å². The van der Waals surface area contributed by atoms with Gasteiger partial charge in [-0.05, 0) is 26.8 Å². The quantitative estimate of drug-likeness (QED) is 0.489. The summed E-state index contributed by atoms with van der Waals surface area (Å²) in [6.45, 7) is 4.47. The number of hydrogen-bond donors (Lipinski definition) is 1. The minimum atomic E-state index is -1.17. The highest BCUT2D eigenvalue weighted by Gasteiger charge is 2.25. The van der Waals surface area contributed by atoms with E-state index in [1.807, 2.05) is 0 Å². The predicted molar refractivity (Wildman–Crippen MR) is 87.6 cm³/mol. The van der Waals surface area contributed by atoms with Crippen LogP contribution in [-0.4, -0.2) is 28.1 Å². The second kappa shape index (κ2) is 7.31. The molecular formula is C15H14ClN3O6. The Morgan fingerprint density at radius 3 is 2.64 bits per heavy atom. The van der Waals surface area contributed by atoms with Gasteiger partial charge in [0.25, 0.3) is 11.6 Å². The van der Waals surface area contributed by atoms with Gasteiger partial charge in [-0.25, -0.2) is 4.79 Å². The molecule has 0 spiro atoms. The molecule has 1 aromatic heterocycles. The summed E-state index contributed by atoms with van der Waals surface area (Å²) in [5.41, 5.74) is 0.297. The molecule has 0 unspecified atom stereocenters. The standard InChI is InChI=1S/C15H14ClN3O6/c1-7-13(8(2)25-18-7)15(21)24-9(3)14(20)17-12-6-10(19(22)23)4-5-11(12)16/h4-6,9H,1-3H3,(H,17,20)/t9-/m1/s1. The first-order valence-corrected chi connectivity index (χ1v) is 7.47. The van der Waals surface area contributed by atoms with E-state index in [1.54, 1.807) is 13.8 Å². The van der Waals surface area contributed by atoms with E-state index in [0.29, 0.717) is 5.69 Å². The number of nitro benzene ring substituents is 1. The number of ether oxygens (including phenoxy) is 1. The van der Waals surface area contributed by atoms with Crippen LogP contribution in [0.15, 0.2) is 22.7 Å². The molecule has 0 aliphatic carbocycles. The van der Waals surface area contributed by atoms with Crippen LogP contribution in [0.2, 0.25) is 5.02 Å². The summed E-state index contributed by atoms with van der Waals surface area (Å²) in [6, 6.07) is 3.61. The molecule has 1 aromatic carbocycles. The summed E-state index contributed by atoms with van der Waals surface area (Å²) in [5, 5.41) is 16.9. The number of hydrogen-bond acceptors (Lipinski definition) is 7. The molecular weight excluding hydrogens is 354 g/mol. The summed E-state index contributed by atoms with van der Waals surface area (Å²) >= 11 is 5.91. The summed E-state index contributed by atoms with van der Waals surface area (Å²) < 4.78 is 9.95. The third-order valence-electron chi connectivity index (χ3n) is 3.31. The summed E-state index contributed by atoms with van der Waals surface area (Å²) in [7, 11) is 0. The zero-order chi connectivity index (χ0) is 18.7. The highest BCUT2D eigenvalue weighted by molar-refractivity contribution is 6.33. The SMILES string of the molecule is Cc1noc(C)c1C(=O)O[C@H](C)C(=O)Nc1cc([N+](=O)[O-])ccc1Cl. The van der Waals surface area contributed by atoms with Gasteiger partial charge in [0.15, 0.2) is 6.10 Å². The first-order valence-electron chi connectivity index (χ1n) is 7.09. The van der Waals surface area contributed by atoms with Crippen LogP contribution in [0.1, 0.15) is 28.7 Å². The first kappa shape index (κ1) is 18.4. The average Bonchev–Trinajstić information content (AvgIpc) is 2.87. The number of benzene rings is 1. The lowest BCUT2D eigenvalue weighted by molar-refractivity contribution is -0.384. The van der Waals surface area contributed by atoms with E-state index in [2.05, 4.69) is 10.5 Å². The fraction of sp³-hybridized carbons (Fsp3) is 0.267. The van der Waals surface area contributed by atoms with Crippen LogP contribution in [0.3, 0.4) is 0 Å². The number of halogens is 1. The lowest BCUT2D eigenvalue weighted by Crippen LogP contribution is -2.30. The molecule has 1 N–H and O–H groups in total. The number of non-ortho nitro benzene ring substituents is 1. The van der Waals surface area contributed by atoms with Crippen molar-refractivity contribution < 1.29 is 23.8 Å². The van der Waals surface area contributed by atoms with Gasteiger partial charge in [-0.3, -0.25) is 14.9 Å². The van der Waals surface area contributed by atoms with Crippen LogP contribution >= 0.6 is 11.6 Å². The normalized spacial score (nSPS) is 11.7. The van der Waals surface area contributed by atoms with E-state index < -0.39 is 22.9 Å². The molecule has 1 amide bonds. The molecule has 1 heterocycles. The summed E-state index contributed by atoms with van der Waals surface area (Å²) in [4.78, 5) is 34.4. The lowest BCUT2D eigenvalue weighted by Gasteiger charge is -2.14. The van der Waals surface area contributed by atoms with Gasteiger partial charge in [-0.1, -0.05) is 16.8 Å². The second-order valence-corrected chi connectivity index (χ2v) is 5.56. The zero-order valence-corrected chi connectivity index (χ0v) is 14.3. The molecule has 132 valence electrons. The first-order chi connectivity index (χ1) is 11.7. The van der Waals surface area contributed by atoms with Gasteiger partial charge < -0.3 is 14.6 Å². The van der Waals surface area contributed by atoms with Crippen LogP contribution in [0.25, 0.3) is 0 Å². The van der Waals surface area contributed by atoms with Gasteiger partial charge in [0.1, 0.15) is 11.3 Å². The highest BCUT2D eigenvalue weighted by atomic mass is 35.5. The van der Waals surface area contributed by atoms with E-state index >= 15 is 0 Å². The smallest absolute Gasteiger partial charge is 0.344 e. The van der Waals surface area contributed by atoms with E-state index in [0.717, 1.165) is 6.07 Å². The van der Waals surface area contributed by atoms with E-state index in [4.69, 9.17) is 20.9 Å². The average molecular weight is 368 g/mol. The molecule has 0 fully saturated rings. The Kier molecular flexibility index (Phi) is 5.38. The lowest BCUT2D eigenvalue weighted by atomic mass is 10.2. The summed E-state index contributed by atoms with van der Waals surface area (Å²) in [6.07, 6.45) is -1.17. The van der Waals surface area contributed by atoms with Crippen LogP contribution in [0.5, 0.6) is 0 Å². The van der Waals surface area contributed by atoms with Crippen molar-refractivity contribution in [3.8, 4) is 0 Å². The Morgan fingerprint density at radius 2 is 2.08 bits per heavy atom. The van der Waals surface area contributed by atoms with Gasteiger partial charge in [-0.2, -0.15) is 0 Å². The zero-order valence-electron chi connectivity index (χ0n) is 13.5. The van der Waals surface area contributed by atoms with Gasteiger partial charge in [0.2, 0.25) is 0 Å². The van der Waals surface area contributed by atoms with E-state index in [9.17, 15) is 19.7 Å². The largest absolute Gasteiger partial charge is 0.449 e. The van der Waals surface area contributed by atoms with Crippen molar-refractivity contribution in [3.05, 3.63) is 50.4 Å². The van der Waals surface area contributed by atoms with E-state index in [-0.39, 0.29) is 27.7 Å². The predicted octanol–water partition coefficient (Wildman–Crippen LogP) is 3.04. The van der Waals surface area contributed by atoms with Crippen molar-refractivity contribution in [1.82, 2.24) is 5.16 Å². The molecule has 0 aliphatic rings. The maximum absolute atomic E-state index is 12.2. The number of rotatable bonds is 5. The number of nitro groups is 1. The van der Waals surface area contributed by atoms with Gasteiger partial charge in [0, 0.05) is 12.1 Å². The molecule has 0 saturated carbocycles. The third kappa shape index (κ3) is 4.13. The van der Waals surface area contributed by atoms with Crippen LogP contribution in [0.4, 0.5) is 11.4 Å². The molecule has 2 aromatic rings. The molecule has 0 bridgehead atoms. The monoisotopic (exact) mass is 367 g/mol. The fourth-order valence-electron chi connectivity index (χ4n) is 2.00. The van der Waals surface area contributed by atoms with Crippen molar-refractivity contribution in [3.63, 3.8) is 0 Å². The molecule has 1 atom stereocenters. The van der Waals surface area contributed by atoms with Crippen LogP contribution in [0, 0.1) is 24.0 Å². The number of carbonyl (C=O) groups excluding carboxylic acids is 2. The fourth-order valence-corrected chi connectivity index (χ4v) is 2.17. The Hall–Kier alpha value is -2.94. The number of anilines is 1. The number of carbonyl (C=O) groups is 2. The molecule has 10 heteroatoms. The van der Waals surface area contributed by atoms with Crippen molar-refractivity contribution >= 4 is 34.9 Å². The number of nitrogens with one attached hydrogen (secondary N) is 1. The van der Waals surface area contributed by atoms with Crippen molar-refractivity contribution in [2.45, 2.75) is 26.9 Å². The van der Waals surface area contributed by atoms with Crippen molar-refractivity contribution in [2.24, 2.45) is 0 Å². The number of aromatic nitrogens is 1. The Balaban J connectivity index is 2.09. The molecule has 0 radical (unpaired) electrons. The van der Waals surface area contributed by atoms with Gasteiger partial charge >= 0.3 is 5.97 Å². The number of nitrogens with zero attached hydrogens (tertiary/aromatic N) is 2. The highest BCUT2D eigenvalue weighted by Crippen LogP contribution is 2.27. The van der Waals surface area contributed by atoms with E-state index in [1.165, 1.54) is 19.1 Å². The van der Waals surface area contributed by atoms with Gasteiger partial charge in [0.05, 0.1) is 21.3 Å². The van der Waals surface area contributed by atoms with Gasteiger partial charge in [-0.15, -0.1) is 0 Å². The van der Waals surface area contributed by atoms with Crippen molar-refractivity contribution in [2.75, 3.05) is 5.32 Å². The maximum atomic E-state index is 12.2. The second-order valence-electron chi connectivity index (χ2n) is 5.16. The molecule has 9 nitrogen and oxygen atoms in total. The topological polar surface area (TPSA) is 125 Å². The number of amides is 1. The third-order valence-corrected chi connectivity index (χ3v) is 3.64. The maximum Gasteiger partial charge on any atom is 0.344 e. The Bertz CT molecular complexity index is 828. The molecule has 2 rings (SSSR count). The minimum Gasteiger partial charge on any atom is -0.449 e. The Morgan fingerprint density at radius 1 is 1.40 bits per heavy atom. The summed E-state index contributed by atoms with van der Waals surface area (Å²) in [5.74, 6) is -1.18. The Labute approximate surface area is 147 Å². The number of esters is 1. The molecule has 0 aliphatic heterocycles. The molecule has 0 saturated heterocycles. The van der Waals surface area contributed by atoms with Crippen LogP contribution in [-0.2, 0) is 9.53 Å². The van der Waals surface area contributed by atoms with Crippen LogP contribution < -0.4 is 5.32 Å². The number of aryl methyl sites for hydroxylation is 2. The minimum absolute atomic E-state index is 0.0427. The molecule has 25 heavy (non-hydrogen) atoms.